The van der Waals surface area contributed by atoms with Gasteiger partial charge in [0.05, 0.1) is 10.9 Å². The van der Waals surface area contributed by atoms with Crippen LogP contribution in [0, 0.1) is 11.3 Å². The van der Waals surface area contributed by atoms with Gasteiger partial charge in [0.15, 0.2) is 0 Å². The molecule has 2 aliphatic rings. The lowest BCUT2D eigenvalue weighted by Crippen LogP contribution is -2.29. The Bertz CT molecular complexity index is 1030. The van der Waals surface area contributed by atoms with Crippen molar-refractivity contribution in [2.24, 2.45) is 16.4 Å². The Labute approximate surface area is 171 Å². The van der Waals surface area contributed by atoms with Crippen molar-refractivity contribution < 1.29 is 4.79 Å². The number of fused-ring (bicyclic) bond motifs is 2. The Balaban J connectivity index is 1.45. The van der Waals surface area contributed by atoms with Gasteiger partial charge in [-0.05, 0) is 61.6 Å². The van der Waals surface area contributed by atoms with E-state index >= 15 is 0 Å². The molecule has 0 bridgehead atoms. The third kappa shape index (κ3) is 3.85. The lowest BCUT2D eigenvalue weighted by molar-refractivity contribution is 0.0954. The van der Waals surface area contributed by atoms with Gasteiger partial charge < -0.3 is 0 Å². The van der Waals surface area contributed by atoms with Gasteiger partial charge in [0.2, 0.25) is 0 Å². The Morgan fingerprint density at radius 1 is 1.28 bits per heavy atom. The third-order valence-electron chi connectivity index (χ3n) is 6.97. The van der Waals surface area contributed by atoms with Crippen molar-refractivity contribution in [1.29, 1.82) is 0 Å². The summed E-state index contributed by atoms with van der Waals surface area (Å²) < 4.78 is 1.74. The maximum atomic E-state index is 12.6. The predicted octanol–water partition coefficient (Wildman–Crippen LogP) is 4.05. The van der Waals surface area contributed by atoms with E-state index in [2.05, 4.69) is 36.3 Å². The van der Waals surface area contributed by atoms with Crippen LogP contribution in [0.5, 0.6) is 0 Å². The van der Waals surface area contributed by atoms with Crippen molar-refractivity contribution in [1.82, 2.24) is 15.0 Å². The molecule has 4 rings (SSSR count). The zero-order valence-electron chi connectivity index (χ0n) is 17.6. The third-order valence-corrected chi connectivity index (χ3v) is 6.97. The van der Waals surface area contributed by atoms with Crippen LogP contribution in [0.15, 0.2) is 28.1 Å². The second-order valence-electron chi connectivity index (χ2n) is 9.06. The van der Waals surface area contributed by atoms with E-state index in [1.54, 1.807) is 22.8 Å². The molecule has 29 heavy (non-hydrogen) atoms. The normalized spacial score (nSPS) is 19.3. The SMILES string of the molecule is CCC(C)(C)C1CCC(=NNC(=O)c2ccc3c(=O)n4c(nc3c2)CCC4)CC1. The van der Waals surface area contributed by atoms with E-state index in [1.165, 1.54) is 6.42 Å². The summed E-state index contributed by atoms with van der Waals surface area (Å²) in [6.07, 6.45) is 7.08. The first-order chi connectivity index (χ1) is 13.9. The summed E-state index contributed by atoms with van der Waals surface area (Å²) in [7, 11) is 0. The van der Waals surface area contributed by atoms with Crippen molar-refractivity contribution in [2.45, 2.75) is 72.3 Å². The number of aryl methyl sites for hydroxylation is 1. The zero-order chi connectivity index (χ0) is 20.6. The monoisotopic (exact) mass is 394 g/mol. The van der Waals surface area contributed by atoms with Gasteiger partial charge in [0.1, 0.15) is 5.82 Å². The Kier molecular flexibility index (Phi) is 5.28. The average molecular weight is 395 g/mol. The van der Waals surface area contributed by atoms with Crippen LogP contribution in [0.1, 0.15) is 75.5 Å². The lowest BCUT2D eigenvalue weighted by atomic mass is 9.69. The number of hydrogen-bond acceptors (Lipinski definition) is 4. The number of hydrogen-bond donors (Lipinski definition) is 1. The van der Waals surface area contributed by atoms with Crippen molar-refractivity contribution in [3.63, 3.8) is 0 Å². The number of benzene rings is 1. The van der Waals surface area contributed by atoms with Gasteiger partial charge in [0, 0.05) is 24.2 Å². The number of carbonyl (C=O) groups is 1. The molecule has 0 atom stereocenters. The van der Waals surface area contributed by atoms with Crippen LogP contribution in [-0.4, -0.2) is 21.2 Å². The summed E-state index contributed by atoms with van der Waals surface area (Å²) in [6, 6.07) is 5.09. The van der Waals surface area contributed by atoms with Gasteiger partial charge in [-0.1, -0.05) is 27.2 Å². The minimum absolute atomic E-state index is 0.0125. The molecule has 6 nitrogen and oxygen atoms in total. The van der Waals surface area contributed by atoms with Gasteiger partial charge in [-0.15, -0.1) is 0 Å². The van der Waals surface area contributed by atoms with E-state index in [9.17, 15) is 9.59 Å². The van der Waals surface area contributed by atoms with Crippen LogP contribution in [0.3, 0.4) is 0 Å². The lowest BCUT2D eigenvalue weighted by Gasteiger charge is -2.36. The fraction of sp³-hybridized carbons (Fsp3) is 0.565. The van der Waals surface area contributed by atoms with Crippen LogP contribution < -0.4 is 11.0 Å². The zero-order valence-corrected chi connectivity index (χ0v) is 17.6. The summed E-state index contributed by atoms with van der Waals surface area (Å²) in [5.41, 5.74) is 5.20. The first-order valence-corrected chi connectivity index (χ1v) is 10.8. The van der Waals surface area contributed by atoms with Crippen LogP contribution in [-0.2, 0) is 13.0 Å². The fourth-order valence-corrected chi connectivity index (χ4v) is 4.55. The first-order valence-electron chi connectivity index (χ1n) is 10.8. The van der Waals surface area contributed by atoms with Gasteiger partial charge >= 0.3 is 0 Å². The van der Waals surface area contributed by atoms with Crippen molar-refractivity contribution in [3.8, 4) is 0 Å². The van der Waals surface area contributed by atoms with E-state index in [1.807, 2.05) is 0 Å². The highest BCUT2D eigenvalue weighted by Crippen LogP contribution is 2.39. The Morgan fingerprint density at radius 2 is 2.03 bits per heavy atom. The second-order valence-corrected chi connectivity index (χ2v) is 9.06. The molecule has 1 saturated carbocycles. The molecule has 1 N–H and O–H groups in total. The molecule has 154 valence electrons. The molecule has 1 aromatic heterocycles. The molecule has 6 heteroatoms. The minimum Gasteiger partial charge on any atom is -0.296 e. The van der Waals surface area contributed by atoms with Crippen LogP contribution in [0.25, 0.3) is 10.9 Å². The van der Waals surface area contributed by atoms with E-state index in [0.29, 0.717) is 21.9 Å². The maximum absolute atomic E-state index is 12.6. The molecule has 1 fully saturated rings. The second kappa shape index (κ2) is 7.73. The number of aromatic nitrogens is 2. The highest BCUT2D eigenvalue weighted by molar-refractivity contribution is 5.98. The molecular formula is C23H30N4O2. The van der Waals surface area contributed by atoms with Crippen LogP contribution in [0.4, 0.5) is 0 Å². The largest absolute Gasteiger partial charge is 0.296 e. The molecule has 1 aliphatic heterocycles. The van der Waals surface area contributed by atoms with E-state index < -0.39 is 0 Å². The molecule has 1 aromatic carbocycles. The van der Waals surface area contributed by atoms with E-state index in [4.69, 9.17) is 0 Å². The number of nitrogens with one attached hydrogen (secondary N) is 1. The summed E-state index contributed by atoms with van der Waals surface area (Å²) in [6.45, 7) is 7.67. The van der Waals surface area contributed by atoms with E-state index in [-0.39, 0.29) is 11.5 Å². The Morgan fingerprint density at radius 3 is 2.76 bits per heavy atom. The van der Waals surface area contributed by atoms with Crippen LogP contribution >= 0.6 is 0 Å². The van der Waals surface area contributed by atoms with Gasteiger partial charge in [0.25, 0.3) is 11.5 Å². The van der Waals surface area contributed by atoms with E-state index in [0.717, 1.165) is 62.5 Å². The molecule has 1 aliphatic carbocycles. The minimum atomic E-state index is -0.252. The van der Waals surface area contributed by atoms with Gasteiger partial charge in [-0.3, -0.25) is 14.2 Å². The number of rotatable bonds is 4. The quantitative estimate of drug-likeness (QED) is 0.795. The number of amides is 1. The average Bonchev–Trinajstić information content (AvgIpc) is 3.21. The molecule has 2 heterocycles. The molecule has 1 amide bonds. The summed E-state index contributed by atoms with van der Waals surface area (Å²) >= 11 is 0. The van der Waals surface area contributed by atoms with Crippen molar-refractivity contribution >= 4 is 22.5 Å². The molecule has 0 spiro atoms. The first kappa shape index (κ1) is 19.8. The van der Waals surface area contributed by atoms with Gasteiger partial charge in [-0.2, -0.15) is 5.10 Å². The molecular weight excluding hydrogens is 364 g/mol. The maximum Gasteiger partial charge on any atom is 0.271 e. The molecule has 0 unspecified atom stereocenters. The number of hydrazone groups is 1. The fourth-order valence-electron chi connectivity index (χ4n) is 4.55. The highest BCUT2D eigenvalue weighted by atomic mass is 16.2. The number of nitrogens with zero attached hydrogens (tertiary/aromatic N) is 3. The summed E-state index contributed by atoms with van der Waals surface area (Å²) in [4.78, 5) is 29.7. The van der Waals surface area contributed by atoms with Gasteiger partial charge in [-0.25, -0.2) is 10.4 Å². The molecule has 2 aromatic rings. The molecule has 0 radical (unpaired) electrons. The Hall–Kier alpha value is -2.50. The summed E-state index contributed by atoms with van der Waals surface area (Å²) in [5.74, 6) is 1.28. The predicted molar refractivity (Wildman–Crippen MR) is 115 cm³/mol. The topological polar surface area (TPSA) is 76.3 Å². The molecule has 0 saturated heterocycles. The smallest absolute Gasteiger partial charge is 0.271 e. The number of carbonyl (C=O) groups excluding carboxylic acids is 1. The summed E-state index contributed by atoms with van der Waals surface area (Å²) in [5, 5.41) is 4.95. The van der Waals surface area contributed by atoms with Crippen molar-refractivity contribution in [3.05, 3.63) is 39.9 Å². The highest BCUT2D eigenvalue weighted by Gasteiger charge is 2.30. The van der Waals surface area contributed by atoms with Crippen LogP contribution in [0.2, 0.25) is 0 Å². The standard InChI is InChI=1S/C23H30N4O2/c1-4-23(2,3)16-8-10-17(11-9-16)25-26-21(28)15-7-12-18-19(14-15)24-20-6-5-13-27(20)22(18)29/h7,12,14,16H,4-6,8-11,13H2,1-3H3,(H,26,28). The van der Waals surface area contributed by atoms with Crippen molar-refractivity contribution in [2.75, 3.05) is 0 Å².